The molecule has 1 saturated heterocycles. The van der Waals surface area contributed by atoms with Gasteiger partial charge in [0.2, 0.25) is 12.7 Å². The van der Waals surface area contributed by atoms with Crippen LogP contribution >= 0.6 is 0 Å². The number of ether oxygens (including phenoxy) is 4. The zero-order valence-electron chi connectivity index (χ0n) is 18.2. The van der Waals surface area contributed by atoms with Crippen LogP contribution in [0.5, 0.6) is 23.0 Å². The fraction of sp³-hybridized carbons (Fsp3) is 0.417. The van der Waals surface area contributed by atoms with Gasteiger partial charge in [0.05, 0.1) is 19.8 Å². The number of nitrogens with zero attached hydrogens (tertiary/aromatic N) is 2. The molecule has 0 N–H and O–H groups in total. The van der Waals surface area contributed by atoms with Crippen molar-refractivity contribution < 1.29 is 28.5 Å². The van der Waals surface area contributed by atoms with Crippen molar-refractivity contribution in [1.29, 1.82) is 0 Å². The van der Waals surface area contributed by atoms with Crippen LogP contribution in [0.3, 0.4) is 0 Å². The summed E-state index contributed by atoms with van der Waals surface area (Å²) in [6, 6.07) is 11.1. The Balaban J connectivity index is 1.18. The van der Waals surface area contributed by atoms with E-state index in [1.807, 2.05) is 23.1 Å². The number of hydrogen-bond acceptors (Lipinski definition) is 6. The van der Waals surface area contributed by atoms with Gasteiger partial charge in [0.1, 0.15) is 11.5 Å². The summed E-state index contributed by atoms with van der Waals surface area (Å²) < 4.78 is 21.4. The molecule has 0 spiro atoms. The Hall–Kier alpha value is -3.42. The number of piperazine rings is 1. The van der Waals surface area contributed by atoms with Crippen LogP contribution in [0.1, 0.15) is 28.3 Å². The summed E-state index contributed by atoms with van der Waals surface area (Å²) in [5.41, 5.74) is 1.62. The van der Waals surface area contributed by atoms with Gasteiger partial charge in [0.15, 0.2) is 11.5 Å². The van der Waals surface area contributed by atoms with Gasteiger partial charge in [-0.15, -0.1) is 0 Å². The number of carbonyl (C=O) groups is 2. The van der Waals surface area contributed by atoms with E-state index in [0.29, 0.717) is 43.2 Å². The molecule has 0 bridgehead atoms. The van der Waals surface area contributed by atoms with Crippen molar-refractivity contribution in [3.8, 4) is 23.0 Å². The zero-order chi connectivity index (χ0) is 22.2. The van der Waals surface area contributed by atoms with E-state index in [9.17, 15) is 9.59 Å². The summed E-state index contributed by atoms with van der Waals surface area (Å²) in [7, 11) is 3.11. The highest BCUT2D eigenvalue weighted by atomic mass is 16.7. The SMILES string of the molecule is COc1ccc(C(=O)N2CCN(C(=O)C3CC3c3ccc4c(c3)OCO4)CC2)c(OC)c1. The third kappa shape index (κ3) is 3.70. The Morgan fingerprint density at radius 3 is 2.41 bits per heavy atom. The number of benzene rings is 2. The molecule has 2 unspecified atom stereocenters. The van der Waals surface area contributed by atoms with Crippen molar-refractivity contribution in [2.75, 3.05) is 47.2 Å². The highest BCUT2D eigenvalue weighted by Gasteiger charge is 2.46. The maximum Gasteiger partial charge on any atom is 0.257 e. The van der Waals surface area contributed by atoms with E-state index in [-0.39, 0.29) is 30.4 Å². The van der Waals surface area contributed by atoms with E-state index in [2.05, 4.69) is 0 Å². The van der Waals surface area contributed by atoms with Crippen LogP contribution in [0.4, 0.5) is 0 Å². The van der Waals surface area contributed by atoms with E-state index in [1.165, 1.54) is 7.11 Å². The van der Waals surface area contributed by atoms with Crippen molar-refractivity contribution in [3.63, 3.8) is 0 Å². The lowest BCUT2D eigenvalue weighted by Gasteiger charge is -2.35. The molecule has 2 amide bonds. The minimum atomic E-state index is -0.0961. The van der Waals surface area contributed by atoms with Gasteiger partial charge in [-0.1, -0.05) is 6.07 Å². The topological polar surface area (TPSA) is 77.5 Å². The van der Waals surface area contributed by atoms with Crippen molar-refractivity contribution >= 4 is 11.8 Å². The fourth-order valence-corrected chi connectivity index (χ4v) is 4.49. The number of methoxy groups -OCH3 is 2. The normalized spacial score (nSPS) is 21.3. The monoisotopic (exact) mass is 438 g/mol. The second-order valence-corrected chi connectivity index (χ2v) is 8.25. The molecule has 8 nitrogen and oxygen atoms in total. The maximum atomic E-state index is 13.0. The third-order valence-electron chi connectivity index (χ3n) is 6.45. The van der Waals surface area contributed by atoms with Gasteiger partial charge in [-0.05, 0) is 42.2 Å². The molecule has 0 aromatic heterocycles. The maximum absolute atomic E-state index is 13.0. The Labute approximate surface area is 186 Å². The van der Waals surface area contributed by atoms with Crippen LogP contribution in [-0.2, 0) is 4.79 Å². The number of fused-ring (bicyclic) bond motifs is 1. The van der Waals surface area contributed by atoms with Gasteiger partial charge < -0.3 is 28.7 Å². The summed E-state index contributed by atoms with van der Waals surface area (Å²) >= 11 is 0. The van der Waals surface area contributed by atoms with Crippen LogP contribution in [0.2, 0.25) is 0 Å². The second kappa shape index (κ2) is 8.26. The minimum absolute atomic E-state index is 0.000643. The molecular formula is C24H26N2O6. The summed E-state index contributed by atoms with van der Waals surface area (Å²) in [5.74, 6) is 2.92. The first-order chi connectivity index (χ1) is 15.6. The quantitative estimate of drug-likeness (QED) is 0.714. The van der Waals surface area contributed by atoms with Gasteiger partial charge in [-0.3, -0.25) is 9.59 Å². The van der Waals surface area contributed by atoms with E-state index < -0.39 is 0 Å². The first kappa shape index (κ1) is 20.5. The molecule has 2 fully saturated rings. The molecular weight excluding hydrogens is 412 g/mol. The Kier molecular flexibility index (Phi) is 5.28. The summed E-state index contributed by atoms with van der Waals surface area (Å²) in [5, 5.41) is 0. The van der Waals surface area contributed by atoms with Gasteiger partial charge in [-0.25, -0.2) is 0 Å². The zero-order valence-corrected chi connectivity index (χ0v) is 18.2. The number of rotatable bonds is 5. The smallest absolute Gasteiger partial charge is 0.257 e. The summed E-state index contributed by atoms with van der Waals surface area (Å²) in [6.45, 7) is 2.32. The largest absolute Gasteiger partial charge is 0.497 e. The fourth-order valence-electron chi connectivity index (χ4n) is 4.49. The highest BCUT2D eigenvalue weighted by molar-refractivity contribution is 5.97. The molecule has 5 rings (SSSR count). The van der Waals surface area contributed by atoms with Gasteiger partial charge in [0.25, 0.3) is 5.91 Å². The molecule has 2 aromatic carbocycles. The van der Waals surface area contributed by atoms with E-state index in [0.717, 1.165) is 23.5 Å². The average molecular weight is 438 g/mol. The Morgan fingerprint density at radius 1 is 0.906 bits per heavy atom. The number of carbonyl (C=O) groups excluding carboxylic acids is 2. The molecule has 1 saturated carbocycles. The summed E-state index contributed by atoms with van der Waals surface area (Å²) in [6.07, 6.45) is 0.848. The molecule has 1 aliphatic carbocycles. The molecule has 168 valence electrons. The van der Waals surface area contributed by atoms with Gasteiger partial charge in [0, 0.05) is 38.2 Å². The molecule has 2 atom stereocenters. The lowest BCUT2D eigenvalue weighted by Crippen LogP contribution is -2.51. The van der Waals surface area contributed by atoms with Gasteiger partial charge in [-0.2, -0.15) is 0 Å². The second-order valence-electron chi connectivity index (χ2n) is 8.25. The van der Waals surface area contributed by atoms with Crippen molar-refractivity contribution in [2.45, 2.75) is 12.3 Å². The van der Waals surface area contributed by atoms with E-state index in [4.69, 9.17) is 18.9 Å². The Morgan fingerprint density at radius 2 is 1.66 bits per heavy atom. The standard InChI is InChI=1S/C24H26N2O6/c1-29-16-4-5-17(21(12-16)30-2)23(27)25-7-9-26(10-8-25)24(28)19-13-18(19)15-3-6-20-22(11-15)32-14-31-20/h3-6,11-12,18-19H,7-10,13-14H2,1-2H3. The predicted molar refractivity (Wildman–Crippen MR) is 115 cm³/mol. The van der Waals surface area contributed by atoms with Crippen molar-refractivity contribution in [1.82, 2.24) is 9.80 Å². The van der Waals surface area contributed by atoms with Crippen LogP contribution in [0, 0.1) is 5.92 Å². The lowest BCUT2D eigenvalue weighted by molar-refractivity contribution is -0.134. The number of hydrogen-bond donors (Lipinski definition) is 0. The summed E-state index contributed by atoms with van der Waals surface area (Å²) in [4.78, 5) is 29.7. The average Bonchev–Trinajstić information content (AvgIpc) is 3.51. The third-order valence-corrected chi connectivity index (χ3v) is 6.45. The first-order valence-corrected chi connectivity index (χ1v) is 10.8. The molecule has 8 heteroatoms. The Bertz CT molecular complexity index is 1050. The van der Waals surface area contributed by atoms with Crippen LogP contribution in [0.15, 0.2) is 36.4 Å². The molecule has 0 radical (unpaired) electrons. The van der Waals surface area contributed by atoms with E-state index >= 15 is 0 Å². The lowest BCUT2D eigenvalue weighted by atomic mass is 10.1. The predicted octanol–water partition coefficient (Wildman–Crippen LogP) is 2.52. The molecule has 2 heterocycles. The first-order valence-electron chi connectivity index (χ1n) is 10.8. The van der Waals surface area contributed by atoms with Crippen LogP contribution in [-0.4, -0.2) is 68.8 Å². The molecule has 2 aromatic rings. The van der Waals surface area contributed by atoms with Gasteiger partial charge >= 0.3 is 0 Å². The minimum Gasteiger partial charge on any atom is -0.497 e. The molecule has 32 heavy (non-hydrogen) atoms. The van der Waals surface area contributed by atoms with Crippen LogP contribution in [0.25, 0.3) is 0 Å². The highest BCUT2D eigenvalue weighted by Crippen LogP contribution is 2.50. The van der Waals surface area contributed by atoms with Crippen molar-refractivity contribution in [2.24, 2.45) is 5.92 Å². The van der Waals surface area contributed by atoms with Crippen molar-refractivity contribution in [3.05, 3.63) is 47.5 Å². The van der Waals surface area contributed by atoms with E-state index in [1.54, 1.807) is 30.2 Å². The molecule has 3 aliphatic rings. The number of amides is 2. The molecule has 2 aliphatic heterocycles. The van der Waals surface area contributed by atoms with Crippen LogP contribution < -0.4 is 18.9 Å².